The number of nitrogens with one attached hydrogen (secondary N) is 1. The molecule has 12 heteroatoms. The second-order valence-corrected chi connectivity index (χ2v) is 11.8. The minimum absolute atomic E-state index is 0.181. The number of hydrogen-bond donors (Lipinski definition) is 1. The normalized spacial score (nSPS) is 14.1. The Bertz CT molecular complexity index is 1320. The van der Waals surface area contributed by atoms with Gasteiger partial charge in [-0.3, -0.25) is 4.79 Å². The third-order valence-electron chi connectivity index (χ3n) is 6.37. The van der Waals surface area contributed by atoms with Crippen molar-refractivity contribution in [2.45, 2.75) is 56.6 Å². The number of amides is 1. The summed E-state index contributed by atoms with van der Waals surface area (Å²) < 4.78 is 28.6. The molecule has 10 nitrogen and oxygen atoms in total. The van der Waals surface area contributed by atoms with Gasteiger partial charge in [-0.2, -0.15) is 9.40 Å². The van der Waals surface area contributed by atoms with Gasteiger partial charge in [-0.25, -0.2) is 23.1 Å². The molecule has 0 unspecified atom stereocenters. The highest BCUT2D eigenvalue weighted by Gasteiger charge is 2.22. The van der Waals surface area contributed by atoms with Crippen LogP contribution in [0.3, 0.4) is 0 Å². The number of carbonyl (C=O) groups excluding carboxylic acids is 1. The van der Waals surface area contributed by atoms with Gasteiger partial charge in [0, 0.05) is 44.0 Å². The van der Waals surface area contributed by atoms with Crippen LogP contribution in [0.25, 0.3) is 11.0 Å². The van der Waals surface area contributed by atoms with Gasteiger partial charge in [-0.05, 0) is 43.5 Å². The van der Waals surface area contributed by atoms with E-state index in [1.807, 2.05) is 10.9 Å². The Morgan fingerprint density at radius 3 is 2.43 bits per heavy atom. The first-order valence-corrected chi connectivity index (χ1v) is 15.3. The van der Waals surface area contributed by atoms with Crippen molar-refractivity contribution >= 4 is 44.5 Å². The molecular formula is C25H35N7O3S2. The average molecular weight is 546 g/mol. The Morgan fingerprint density at radius 2 is 1.78 bits per heavy atom. The van der Waals surface area contributed by atoms with Crippen LogP contribution in [-0.4, -0.2) is 76.9 Å². The molecule has 0 saturated carbocycles. The summed E-state index contributed by atoms with van der Waals surface area (Å²) in [5, 5.41) is 9.13. The van der Waals surface area contributed by atoms with Crippen LogP contribution in [0, 0.1) is 0 Å². The van der Waals surface area contributed by atoms with Gasteiger partial charge in [-0.15, -0.1) is 0 Å². The first-order valence-electron chi connectivity index (χ1n) is 12.9. The van der Waals surface area contributed by atoms with Crippen molar-refractivity contribution < 1.29 is 13.2 Å². The third kappa shape index (κ3) is 6.07. The molecule has 0 bridgehead atoms. The summed E-state index contributed by atoms with van der Waals surface area (Å²) in [7, 11) is -3.56. The van der Waals surface area contributed by atoms with Gasteiger partial charge in [0.2, 0.25) is 10.0 Å². The van der Waals surface area contributed by atoms with E-state index in [1.54, 1.807) is 37.7 Å². The molecule has 0 aliphatic carbocycles. The summed E-state index contributed by atoms with van der Waals surface area (Å²) in [5.41, 5.74) is 1.18. The van der Waals surface area contributed by atoms with E-state index in [1.165, 1.54) is 16.4 Å². The zero-order valence-corrected chi connectivity index (χ0v) is 23.3. The highest BCUT2D eigenvalue weighted by atomic mass is 32.2. The molecule has 3 aromatic rings. The number of carbonyl (C=O) groups is 1. The smallest absolute Gasteiger partial charge is 0.251 e. The van der Waals surface area contributed by atoms with Gasteiger partial charge in [-0.1, -0.05) is 32.5 Å². The van der Waals surface area contributed by atoms with E-state index in [-0.39, 0.29) is 10.8 Å². The summed E-state index contributed by atoms with van der Waals surface area (Å²) >= 11 is 1.65. The van der Waals surface area contributed by atoms with Gasteiger partial charge in [0.1, 0.15) is 5.82 Å². The minimum atomic E-state index is -3.56. The lowest BCUT2D eigenvalue weighted by molar-refractivity contribution is 0.0952. The SMILES string of the molecule is CCCSc1nc(N2CCCC2)c2cnn(CCNC(=O)c3ccc(S(=O)(=O)N(CC)CC)cc3)c2n1. The Balaban J connectivity index is 1.44. The van der Waals surface area contributed by atoms with Crippen LogP contribution in [0.2, 0.25) is 0 Å². The van der Waals surface area contributed by atoms with E-state index >= 15 is 0 Å². The summed E-state index contributed by atoms with van der Waals surface area (Å²) in [5.74, 6) is 1.62. The fourth-order valence-corrected chi connectivity index (χ4v) is 6.53. The lowest BCUT2D eigenvalue weighted by atomic mass is 10.2. The van der Waals surface area contributed by atoms with E-state index in [0.717, 1.165) is 60.1 Å². The molecular weight excluding hydrogens is 510 g/mol. The predicted octanol–water partition coefficient (Wildman–Crippen LogP) is 3.39. The number of rotatable bonds is 12. The predicted molar refractivity (Wildman–Crippen MR) is 147 cm³/mol. The van der Waals surface area contributed by atoms with Gasteiger partial charge in [0.05, 0.1) is 23.0 Å². The van der Waals surface area contributed by atoms with Crippen molar-refractivity contribution in [1.82, 2.24) is 29.4 Å². The summed E-state index contributed by atoms with van der Waals surface area (Å²) in [4.78, 5) is 24.8. The monoisotopic (exact) mass is 545 g/mol. The minimum Gasteiger partial charge on any atom is -0.356 e. The van der Waals surface area contributed by atoms with E-state index in [9.17, 15) is 13.2 Å². The van der Waals surface area contributed by atoms with E-state index in [2.05, 4.69) is 22.2 Å². The van der Waals surface area contributed by atoms with Gasteiger partial charge < -0.3 is 10.2 Å². The molecule has 37 heavy (non-hydrogen) atoms. The Hall–Kier alpha value is -2.70. The molecule has 1 fully saturated rings. The van der Waals surface area contributed by atoms with Gasteiger partial charge in [0.25, 0.3) is 5.91 Å². The van der Waals surface area contributed by atoms with Gasteiger partial charge >= 0.3 is 0 Å². The first-order chi connectivity index (χ1) is 17.9. The lowest BCUT2D eigenvalue weighted by Gasteiger charge is -2.18. The standard InChI is InChI=1S/C25H35N7O3S2/c1-4-17-36-25-28-22(30-14-7-8-15-30)21-18-27-32(23(21)29-25)16-13-26-24(33)19-9-11-20(12-10-19)37(34,35)31(5-2)6-3/h9-12,18H,4-8,13-17H2,1-3H3,(H,26,33). The summed E-state index contributed by atoms with van der Waals surface area (Å²) in [6, 6.07) is 6.05. The van der Waals surface area contributed by atoms with Crippen LogP contribution in [0.4, 0.5) is 5.82 Å². The van der Waals surface area contributed by atoms with Crippen LogP contribution < -0.4 is 10.2 Å². The van der Waals surface area contributed by atoms with E-state index < -0.39 is 10.0 Å². The number of aromatic nitrogens is 4. The number of hydrogen-bond acceptors (Lipinski definition) is 8. The number of benzene rings is 1. The van der Waals surface area contributed by atoms with Crippen molar-refractivity contribution in [2.75, 3.05) is 43.4 Å². The van der Waals surface area contributed by atoms with Crippen LogP contribution in [-0.2, 0) is 16.6 Å². The van der Waals surface area contributed by atoms with Crippen molar-refractivity contribution in [3.63, 3.8) is 0 Å². The molecule has 1 saturated heterocycles. The highest BCUT2D eigenvalue weighted by Crippen LogP contribution is 2.29. The molecule has 4 rings (SSSR count). The molecule has 0 radical (unpaired) electrons. The maximum atomic E-state index is 12.7. The van der Waals surface area contributed by atoms with Crippen molar-refractivity contribution in [3.8, 4) is 0 Å². The van der Waals surface area contributed by atoms with Crippen molar-refractivity contribution in [3.05, 3.63) is 36.0 Å². The Kier molecular flexibility index (Phi) is 9.04. The van der Waals surface area contributed by atoms with Crippen LogP contribution >= 0.6 is 11.8 Å². The van der Waals surface area contributed by atoms with E-state index in [4.69, 9.17) is 9.97 Å². The molecule has 0 spiro atoms. The number of thioether (sulfide) groups is 1. The maximum Gasteiger partial charge on any atom is 0.251 e. The molecule has 3 heterocycles. The summed E-state index contributed by atoms with van der Waals surface area (Å²) in [6.07, 6.45) is 5.17. The molecule has 0 atom stereocenters. The third-order valence-corrected chi connectivity index (χ3v) is 9.48. The second-order valence-electron chi connectivity index (χ2n) is 8.85. The van der Waals surface area contributed by atoms with Gasteiger partial charge in [0.15, 0.2) is 10.8 Å². The molecule has 1 amide bonds. The number of nitrogens with zero attached hydrogens (tertiary/aromatic N) is 6. The largest absolute Gasteiger partial charge is 0.356 e. The molecule has 1 aromatic carbocycles. The van der Waals surface area contributed by atoms with Crippen molar-refractivity contribution in [2.24, 2.45) is 0 Å². The maximum absolute atomic E-state index is 12.7. The zero-order chi connectivity index (χ0) is 26.4. The fraction of sp³-hybridized carbons (Fsp3) is 0.520. The van der Waals surface area contributed by atoms with E-state index in [0.29, 0.717) is 31.7 Å². The lowest BCUT2D eigenvalue weighted by Crippen LogP contribution is -2.31. The zero-order valence-electron chi connectivity index (χ0n) is 21.7. The fourth-order valence-electron chi connectivity index (χ4n) is 4.38. The Morgan fingerprint density at radius 1 is 1.08 bits per heavy atom. The molecule has 1 aliphatic heterocycles. The van der Waals surface area contributed by atoms with Crippen LogP contribution in [0.15, 0.2) is 40.5 Å². The average Bonchev–Trinajstić information content (AvgIpc) is 3.58. The second kappa shape index (κ2) is 12.2. The number of fused-ring (bicyclic) bond motifs is 1. The van der Waals surface area contributed by atoms with Crippen LogP contribution in [0.5, 0.6) is 0 Å². The summed E-state index contributed by atoms with van der Waals surface area (Å²) in [6.45, 7) is 9.32. The Labute approximate surface area is 222 Å². The molecule has 1 N–H and O–H groups in total. The molecule has 2 aromatic heterocycles. The van der Waals surface area contributed by atoms with Crippen LogP contribution in [0.1, 0.15) is 50.4 Å². The first kappa shape index (κ1) is 27.3. The molecule has 1 aliphatic rings. The highest BCUT2D eigenvalue weighted by molar-refractivity contribution is 7.99. The number of sulfonamides is 1. The molecule has 200 valence electrons. The quantitative estimate of drug-likeness (QED) is 0.272. The number of anilines is 1. The van der Waals surface area contributed by atoms with Crippen molar-refractivity contribution in [1.29, 1.82) is 0 Å². The topological polar surface area (TPSA) is 113 Å².